The molecule has 2 rings (SSSR count). The largest absolute Gasteiger partial charge is 0.465 e. The molecule has 2 aromatic rings. The number of aromatic nitrogens is 2. The van der Waals surface area contributed by atoms with Gasteiger partial charge in [-0.3, -0.25) is 9.48 Å². The third-order valence-corrected chi connectivity index (χ3v) is 4.72. The van der Waals surface area contributed by atoms with E-state index in [0.29, 0.717) is 10.6 Å². The van der Waals surface area contributed by atoms with Crippen molar-refractivity contribution in [2.75, 3.05) is 19.0 Å². The van der Waals surface area contributed by atoms with Crippen molar-refractivity contribution in [1.29, 1.82) is 0 Å². The van der Waals surface area contributed by atoms with Crippen LogP contribution in [0.2, 0.25) is 0 Å². The Morgan fingerprint density at radius 3 is 2.56 bits per heavy atom. The second-order valence-corrected chi connectivity index (χ2v) is 6.42. The number of carbonyl (C=O) groups is 3. The van der Waals surface area contributed by atoms with E-state index in [9.17, 15) is 14.4 Å². The molecule has 0 aliphatic rings. The van der Waals surface area contributed by atoms with Crippen LogP contribution in [0, 0.1) is 13.8 Å². The van der Waals surface area contributed by atoms with Crippen LogP contribution in [0.25, 0.3) is 0 Å². The summed E-state index contributed by atoms with van der Waals surface area (Å²) in [4.78, 5) is 37.1. The second kappa shape index (κ2) is 7.47. The fourth-order valence-electron chi connectivity index (χ4n) is 2.21. The molecular weight excluding hydrogens is 346 g/mol. The number of amides is 1. The Morgan fingerprint density at radius 2 is 1.96 bits per heavy atom. The smallest absolute Gasteiger partial charge is 0.358 e. The Balaban J connectivity index is 2.31. The lowest BCUT2D eigenvalue weighted by atomic mass is 10.1. The van der Waals surface area contributed by atoms with Crippen LogP contribution in [-0.2, 0) is 16.5 Å². The maximum Gasteiger partial charge on any atom is 0.358 e. The summed E-state index contributed by atoms with van der Waals surface area (Å²) in [6.45, 7) is 5.54. The van der Waals surface area contributed by atoms with Crippen molar-refractivity contribution in [1.82, 2.24) is 9.78 Å². The molecule has 0 aliphatic heterocycles. The van der Waals surface area contributed by atoms with E-state index in [2.05, 4.69) is 10.4 Å². The minimum Gasteiger partial charge on any atom is -0.465 e. The molecule has 25 heavy (non-hydrogen) atoms. The zero-order valence-electron chi connectivity index (χ0n) is 14.6. The van der Waals surface area contributed by atoms with Gasteiger partial charge >= 0.3 is 11.9 Å². The number of anilines is 1. The fraction of sp³-hybridized carbons (Fsp3) is 0.375. The molecule has 2 aromatic heterocycles. The van der Waals surface area contributed by atoms with E-state index < -0.39 is 17.8 Å². The molecular formula is C16H19N3O5S. The molecule has 0 spiro atoms. The molecule has 0 aromatic carbocycles. The zero-order valence-corrected chi connectivity index (χ0v) is 15.4. The van der Waals surface area contributed by atoms with Gasteiger partial charge in [0, 0.05) is 18.0 Å². The van der Waals surface area contributed by atoms with Gasteiger partial charge in [0.25, 0.3) is 5.91 Å². The van der Waals surface area contributed by atoms with Crippen molar-refractivity contribution >= 4 is 34.2 Å². The predicted octanol–water partition coefficient (Wildman–Crippen LogP) is 2.31. The average Bonchev–Trinajstić information content (AvgIpc) is 3.08. The molecule has 8 nitrogen and oxygen atoms in total. The summed E-state index contributed by atoms with van der Waals surface area (Å²) in [6, 6.07) is 1.35. The van der Waals surface area contributed by atoms with Gasteiger partial charge in [-0.2, -0.15) is 5.10 Å². The van der Waals surface area contributed by atoms with Gasteiger partial charge in [0.2, 0.25) is 0 Å². The van der Waals surface area contributed by atoms with Crippen molar-refractivity contribution < 1.29 is 23.9 Å². The SMILES string of the molecule is CCOC(=O)c1cc(C(=O)Nc2sc(C)c(C)c2C(=O)OC)n(C)n1. The number of nitrogens with one attached hydrogen (secondary N) is 1. The first-order valence-corrected chi connectivity index (χ1v) is 8.32. The number of rotatable bonds is 5. The van der Waals surface area contributed by atoms with Gasteiger partial charge in [0.1, 0.15) is 10.7 Å². The van der Waals surface area contributed by atoms with Gasteiger partial charge in [0.15, 0.2) is 5.69 Å². The number of nitrogens with zero attached hydrogens (tertiary/aromatic N) is 2. The third-order valence-electron chi connectivity index (χ3n) is 3.60. The molecule has 0 radical (unpaired) electrons. The lowest BCUT2D eigenvalue weighted by Gasteiger charge is -2.06. The minimum absolute atomic E-state index is 0.0428. The van der Waals surface area contributed by atoms with Gasteiger partial charge in [-0.25, -0.2) is 9.59 Å². The van der Waals surface area contributed by atoms with Crippen LogP contribution in [0.4, 0.5) is 5.00 Å². The highest BCUT2D eigenvalue weighted by Gasteiger charge is 2.24. The molecule has 1 N–H and O–H groups in total. The quantitative estimate of drug-likeness (QED) is 0.816. The molecule has 0 bridgehead atoms. The van der Waals surface area contributed by atoms with E-state index in [4.69, 9.17) is 9.47 Å². The first kappa shape index (κ1) is 18.7. The van der Waals surface area contributed by atoms with Crippen molar-refractivity contribution in [3.05, 3.63) is 33.5 Å². The van der Waals surface area contributed by atoms with E-state index in [0.717, 1.165) is 10.4 Å². The lowest BCUT2D eigenvalue weighted by Crippen LogP contribution is -2.17. The van der Waals surface area contributed by atoms with E-state index in [1.807, 2.05) is 6.92 Å². The number of esters is 2. The molecule has 0 fully saturated rings. The highest BCUT2D eigenvalue weighted by atomic mass is 32.1. The van der Waals surface area contributed by atoms with Crippen molar-refractivity contribution in [2.45, 2.75) is 20.8 Å². The summed E-state index contributed by atoms with van der Waals surface area (Å²) in [7, 11) is 2.83. The van der Waals surface area contributed by atoms with Crippen LogP contribution in [0.5, 0.6) is 0 Å². The highest BCUT2D eigenvalue weighted by molar-refractivity contribution is 7.16. The third kappa shape index (κ3) is 3.71. The van der Waals surface area contributed by atoms with Gasteiger partial charge in [0.05, 0.1) is 19.3 Å². The number of hydrogen-bond donors (Lipinski definition) is 1. The lowest BCUT2D eigenvalue weighted by molar-refractivity contribution is 0.0517. The van der Waals surface area contributed by atoms with Crippen LogP contribution in [0.1, 0.15) is 48.7 Å². The highest BCUT2D eigenvalue weighted by Crippen LogP contribution is 2.33. The molecule has 0 aliphatic carbocycles. The summed E-state index contributed by atoms with van der Waals surface area (Å²) in [5, 5.41) is 7.07. The molecule has 2 heterocycles. The number of methoxy groups -OCH3 is 1. The molecule has 0 atom stereocenters. The van der Waals surface area contributed by atoms with Gasteiger partial charge < -0.3 is 14.8 Å². The normalized spacial score (nSPS) is 10.4. The van der Waals surface area contributed by atoms with Crippen LogP contribution in [-0.4, -0.2) is 41.3 Å². The van der Waals surface area contributed by atoms with Gasteiger partial charge in [-0.15, -0.1) is 11.3 Å². The molecule has 0 saturated heterocycles. The first-order valence-electron chi connectivity index (χ1n) is 7.50. The number of hydrogen-bond acceptors (Lipinski definition) is 7. The standard InChI is InChI=1S/C16H19N3O5S/c1-6-24-15(21)10-7-11(19(4)18-10)13(20)17-14-12(16(22)23-5)8(2)9(3)25-14/h7H,6H2,1-5H3,(H,17,20). The second-order valence-electron chi connectivity index (χ2n) is 5.19. The Morgan fingerprint density at radius 1 is 1.28 bits per heavy atom. The predicted molar refractivity (Wildman–Crippen MR) is 92.3 cm³/mol. The van der Waals surface area contributed by atoms with E-state index in [1.54, 1.807) is 20.9 Å². The maximum atomic E-state index is 12.5. The van der Waals surface area contributed by atoms with Crippen LogP contribution < -0.4 is 5.32 Å². The van der Waals surface area contributed by atoms with Gasteiger partial charge in [-0.05, 0) is 26.3 Å². The van der Waals surface area contributed by atoms with Crippen molar-refractivity contribution in [3.63, 3.8) is 0 Å². The topological polar surface area (TPSA) is 99.5 Å². The van der Waals surface area contributed by atoms with E-state index >= 15 is 0 Å². The minimum atomic E-state index is -0.602. The van der Waals surface area contributed by atoms with Crippen molar-refractivity contribution in [2.24, 2.45) is 7.05 Å². The summed E-state index contributed by atoms with van der Waals surface area (Å²) < 4.78 is 10.9. The van der Waals surface area contributed by atoms with Gasteiger partial charge in [-0.1, -0.05) is 0 Å². The Bertz CT molecular complexity index is 837. The van der Waals surface area contributed by atoms with Crippen LogP contribution >= 0.6 is 11.3 Å². The van der Waals surface area contributed by atoms with Crippen LogP contribution in [0.15, 0.2) is 6.07 Å². The molecule has 0 saturated carbocycles. The summed E-state index contributed by atoms with van der Waals surface area (Å²) >= 11 is 1.28. The summed E-state index contributed by atoms with van der Waals surface area (Å²) in [5.41, 5.74) is 1.29. The monoisotopic (exact) mass is 365 g/mol. The molecule has 9 heteroatoms. The average molecular weight is 365 g/mol. The van der Waals surface area contributed by atoms with Crippen LogP contribution in [0.3, 0.4) is 0 Å². The Kier molecular flexibility index (Phi) is 5.58. The number of thiophene rings is 1. The molecule has 1 amide bonds. The number of ether oxygens (including phenoxy) is 2. The van der Waals surface area contributed by atoms with E-state index in [-0.39, 0.29) is 18.0 Å². The molecule has 134 valence electrons. The Labute approximate surface area is 148 Å². The number of aryl methyl sites for hydroxylation is 2. The first-order chi connectivity index (χ1) is 11.8. The fourth-order valence-corrected chi connectivity index (χ4v) is 3.26. The number of carbonyl (C=O) groups excluding carboxylic acids is 3. The zero-order chi connectivity index (χ0) is 18.7. The van der Waals surface area contributed by atoms with Crippen molar-refractivity contribution in [3.8, 4) is 0 Å². The Hall–Kier alpha value is -2.68. The van der Waals surface area contributed by atoms with E-state index in [1.165, 1.54) is 29.2 Å². The maximum absolute atomic E-state index is 12.5. The summed E-state index contributed by atoms with van der Waals surface area (Å²) in [6.07, 6.45) is 0. The summed E-state index contributed by atoms with van der Waals surface area (Å²) in [5.74, 6) is -1.61. The molecule has 0 unspecified atom stereocenters.